The third-order valence-electron chi connectivity index (χ3n) is 3.48. The third-order valence-corrected chi connectivity index (χ3v) is 3.48. The molecule has 0 aliphatic heterocycles. The Morgan fingerprint density at radius 2 is 1.65 bits per heavy atom. The maximum Gasteiger partial charge on any atom is 0.131 e. The van der Waals surface area contributed by atoms with Crippen molar-refractivity contribution in [3.63, 3.8) is 0 Å². The molecule has 2 N–H and O–H groups in total. The molecule has 0 aliphatic carbocycles. The van der Waals surface area contributed by atoms with E-state index in [2.05, 4.69) is 0 Å². The second-order valence-electron chi connectivity index (χ2n) is 4.68. The predicted molar refractivity (Wildman–Crippen MR) is 75.3 cm³/mol. The molecule has 0 aliphatic rings. The Hall–Kier alpha value is -2.20. The van der Waals surface area contributed by atoms with E-state index in [0.717, 1.165) is 16.6 Å². The van der Waals surface area contributed by atoms with E-state index in [1.807, 2.05) is 34.9 Å². The summed E-state index contributed by atoms with van der Waals surface area (Å²) < 4.78 is 29.4. The van der Waals surface area contributed by atoms with Gasteiger partial charge in [0, 0.05) is 23.3 Å². The van der Waals surface area contributed by atoms with Crippen LogP contribution in [0.5, 0.6) is 0 Å². The van der Waals surface area contributed by atoms with E-state index in [0.29, 0.717) is 6.54 Å². The van der Waals surface area contributed by atoms with Crippen LogP contribution in [0, 0.1) is 11.6 Å². The number of benzene rings is 2. The molecule has 4 heteroatoms. The molecule has 3 rings (SSSR count). The largest absolute Gasteiger partial charge is 0.339 e. The summed E-state index contributed by atoms with van der Waals surface area (Å²) in [6, 6.07) is 13.6. The summed E-state index contributed by atoms with van der Waals surface area (Å²) in [6.45, 7) is 0.462. The average Bonchev–Trinajstić information content (AvgIpc) is 2.81. The van der Waals surface area contributed by atoms with Crippen LogP contribution in [0.15, 0.2) is 48.5 Å². The Kier molecular flexibility index (Phi) is 3.24. The molecule has 0 unspecified atom stereocenters. The van der Waals surface area contributed by atoms with Gasteiger partial charge in [0.15, 0.2) is 0 Å². The maximum absolute atomic E-state index is 13.8. The van der Waals surface area contributed by atoms with Gasteiger partial charge in [0.2, 0.25) is 0 Å². The van der Waals surface area contributed by atoms with Crippen molar-refractivity contribution in [2.75, 3.05) is 0 Å². The predicted octanol–water partition coefficient (Wildman–Crippen LogP) is 3.43. The van der Waals surface area contributed by atoms with Crippen molar-refractivity contribution in [3.8, 4) is 0 Å². The van der Waals surface area contributed by atoms with Gasteiger partial charge in [-0.1, -0.05) is 24.3 Å². The molecule has 2 aromatic carbocycles. The molecule has 0 fully saturated rings. The number of hydrogen-bond acceptors (Lipinski definition) is 1. The van der Waals surface area contributed by atoms with E-state index < -0.39 is 11.6 Å². The van der Waals surface area contributed by atoms with Gasteiger partial charge in [-0.2, -0.15) is 0 Å². The molecule has 102 valence electrons. The van der Waals surface area contributed by atoms with Crippen LogP contribution < -0.4 is 5.73 Å². The highest BCUT2D eigenvalue weighted by Crippen LogP contribution is 2.23. The second kappa shape index (κ2) is 5.06. The zero-order valence-electron chi connectivity index (χ0n) is 10.8. The zero-order chi connectivity index (χ0) is 14.1. The lowest BCUT2D eigenvalue weighted by atomic mass is 10.2. The molecule has 3 aromatic rings. The number of fused-ring (bicyclic) bond motifs is 1. The van der Waals surface area contributed by atoms with E-state index in [4.69, 9.17) is 5.73 Å². The molecule has 1 heterocycles. The SMILES string of the molecule is NCc1cc2ccccc2n1Cc1c(F)cccc1F. The monoisotopic (exact) mass is 272 g/mol. The number of aromatic nitrogens is 1. The number of rotatable bonds is 3. The average molecular weight is 272 g/mol. The summed E-state index contributed by atoms with van der Waals surface area (Å²) >= 11 is 0. The van der Waals surface area contributed by atoms with Crippen molar-refractivity contribution >= 4 is 10.9 Å². The van der Waals surface area contributed by atoms with Crippen molar-refractivity contribution in [3.05, 3.63) is 71.4 Å². The lowest BCUT2D eigenvalue weighted by Crippen LogP contribution is -2.10. The first-order chi connectivity index (χ1) is 9.70. The minimum absolute atomic E-state index is 0.0588. The first-order valence-corrected chi connectivity index (χ1v) is 6.41. The van der Waals surface area contributed by atoms with Crippen LogP contribution in [0.25, 0.3) is 10.9 Å². The number of nitrogens with two attached hydrogens (primary N) is 1. The number of halogens is 2. The van der Waals surface area contributed by atoms with Gasteiger partial charge < -0.3 is 10.3 Å². The summed E-state index contributed by atoms with van der Waals surface area (Å²) in [4.78, 5) is 0. The van der Waals surface area contributed by atoms with Crippen LogP contribution in [-0.2, 0) is 13.1 Å². The minimum atomic E-state index is -0.536. The van der Waals surface area contributed by atoms with Gasteiger partial charge in [-0.15, -0.1) is 0 Å². The van der Waals surface area contributed by atoms with Crippen molar-refractivity contribution in [2.24, 2.45) is 5.73 Å². The van der Waals surface area contributed by atoms with Gasteiger partial charge in [0.25, 0.3) is 0 Å². The van der Waals surface area contributed by atoms with Gasteiger partial charge in [0.1, 0.15) is 11.6 Å². The summed E-state index contributed by atoms with van der Waals surface area (Å²) in [5.74, 6) is -1.07. The molecule has 0 saturated carbocycles. The van der Waals surface area contributed by atoms with Crippen LogP contribution in [-0.4, -0.2) is 4.57 Å². The van der Waals surface area contributed by atoms with Gasteiger partial charge in [-0.3, -0.25) is 0 Å². The fourth-order valence-electron chi connectivity index (χ4n) is 2.46. The van der Waals surface area contributed by atoms with Crippen molar-refractivity contribution in [1.29, 1.82) is 0 Å². The van der Waals surface area contributed by atoms with Gasteiger partial charge in [0.05, 0.1) is 6.54 Å². The zero-order valence-corrected chi connectivity index (χ0v) is 10.8. The fourth-order valence-corrected chi connectivity index (χ4v) is 2.46. The minimum Gasteiger partial charge on any atom is -0.339 e. The molecule has 0 spiro atoms. The van der Waals surface area contributed by atoms with Gasteiger partial charge in [-0.05, 0) is 29.7 Å². The van der Waals surface area contributed by atoms with E-state index in [1.165, 1.54) is 18.2 Å². The Labute approximate surface area is 115 Å². The molecule has 0 bridgehead atoms. The summed E-state index contributed by atoms with van der Waals surface area (Å²) in [7, 11) is 0. The number of hydrogen-bond donors (Lipinski definition) is 1. The highest BCUT2D eigenvalue weighted by atomic mass is 19.1. The van der Waals surface area contributed by atoms with Crippen molar-refractivity contribution in [2.45, 2.75) is 13.1 Å². The van der Waals surface area contributed by atoms with E-state index in [1.54, 1.807) is 0 Å². The van der Waals surface area contributed by atoms with E-state index >= 15 is 0 Å². The summed E-state index contributed by atoms with van der Waals surface area (Å²) in [5, 5.41) is 1.02. The molecule has 0 atom stereocenters. The smallest absolute Gasteiger partial charge is 0.131 e. The van der Waals surface area contributed by atoms with Crippen LogP contribution in [0.1, 0.15) is 11.3 Å². The molecular weight excluding hydrogens is 258 g/mol. The molecule has 20 heavy (non-hydrogen) atoms. The highest BCUT2D eigenvalue weighted by molar-refractivity contribution is 5.81. The molecule has 2 nitrogen and oxygen atoms in total. The normalized spacial score (nSPS) is 11.2. The van der Waals surface area contributed by atoms with Crippen LogP contribution in [0.3, 0.4) is 0 Å². The Morgan fingerprint density at radius 3 is 2.35 bits per heavy atom. The third kappa shape index (κ3) is 2.08. The second-order valence-corrected chi connectivity index (χ2v) is 4.68. The first-order valence-electron chi connectivity index (χ1n) is 6.41. The van der Waals surface area contributed by atoms with Gasteiger partial charge in [-0.25, -0.2) is 8.78 Å². The Bertz CT molecular complexity index is 742. The van der Waals surface area contributed by atoms with Gasteiger partial charge >= 0.3 is 0 Å². The maximum atomic E-state index is 13.8. The topological polar surface area (TPSA) is 30.9 Å². The lowest BCUT2D eigenvalue weighted by molar-refractivity contribution is 0.544. The van der Waals surface area contributed by atoms with E-state index in [9.17, 15) is 8.78 Å². The Morgan fingerprint density at radius 1 is 0.950 bits per heavy atom. The molecule has 0 saturated heterocycles. The molecule has 1 aromatic heterocycles. The quantitative estimate of drug-likeness (QED) is 0.778. The number of para-hydroxylation sites is 1. The standard InChI is InChI=1S/C16H14F2N2/c17-14-5-3-6-15(18)13(14)10-20-12(9-19)8-11-4-1-2-7-16(11)20/h1-8H,9-10,19H2. The first kappa shape index (κ1) is 12.8. The van der Waals surface area contributed by atoms with Crippen molar-refractivity contribution < 1.29 is 8.78 Å². The van der Waals surface area contributed by atoms with Crippen LogP contribution in [0.4, 0.5) is 8.78 Å². The molecule has 0 radical (unpaired) electrons. The van der Waals surface area contributed by atoms with Crippen molar-refractivity contribution in [1.82, 2.24) is 4.57 Å². The molecular formula is C16H14F2N2. The van der Waals surface area contributed by atoms with Crippen LogP contribution >= 0.6 is 0 Å². The fraction of sp³-hybridized carbons (Fsp3) is 0.125. The Balaban J connectivity index is 2.15. The van der Waals surface area contributed by atoms with E-state index in [-0.39, 0.29) is 12.1 Å². The highest BCUT2D eigenvalue weighted by Gasteiger charge is 2.13. The van der Waals surface area contributed by atoms with Crippen LogP contribution in [0.2, 0.25) is 0 Å². The summed E-state index contributed by atoms with van der Waals surface area (Å²) in [5.41, 5.74) is 7.58. The number of nitrogens with zero attached hydrogens (tertiary/aromatic N) is 1. The lowest BCUT2D eigenvalue weighted by Gasteiger charge is -2.11. The molecule has 0 amide bonds. The summed E-state index contributed by atoms with van der Waals surface area (Å²) in [6.07, 6.45) is 0.